The molecule has 0 bridgehead atoms. The summed E-state index contributed by atoms with van der Waals surface area (Å²) < 4.78 is 27.6. The number of rotatable bonds is 4. The van der Waals surface area contributed by atoms with Gasteiger partial charge in [0.1, 0.15) is 5.82 Å². The zero-order valence-corrected chi connectivity index (χ0v) is 16.2. The number of pyridine rings is 1. The highest BCUT2D eigenvalue weighted by Gasteiger charge is 2.40. The Hall–Kier alpha value is -2.71. The molecule has 1 saturated heterocycles. The van der Waals surface area contributed by atoms with Crippen LogP contribution in [0.25, 0.3) is 11.2 Å². The number of hydrogen-bond donors (Lipinski definition) is 0. The first kappa shape index (κ1) is 18.6. The quantitative estimate of drug-likeness (QED) is 0.685. The van der Waals surface area contributed by atoms with Gasteiger partial charge in [0.2, 0.25) is 5.65 Å². The van der Waals surface area contributed by atoms with E-state index >= 15 is 0 Å². The molecule has 4 heterocycles. The highest BCUT2D eigenvalue weighted by Crippen LogP contribution is 2.33. The van der Waals surface area contributed by atoms with E-state index < -0.39 is 5.92 Å². The highest BCUT2D eigenvalue weighted by atomic mass is 19.3. The molecule has 1 aliphatic heterocycles. The molecule has 1 aliphatic rings. The molecular weight excluding hydrogens is 364 g/mol. The Kier molecular flexibility index (Phi) is 4.47. The van der Waals surface area contributed by atoms with Gasteiger partial charge in [-0.05, 0) is 18.1 Å². The van der Waals surface area contributed by atoms with Gasteiger partial charge in [-0.25, -0.2) is 18.7 Å². The number of hydrogen-bond acceptors (Lipinski definition) is 6. The van der Waals surface area contributed by atoms with Crippen molar-refractivity contribution in [2.45, 2.75) is 51.5 Å². The molecule has 0 amide bonds. The zero-order valence-electron chi connectivity index (χ0n) is 16.2. The van der Waals surface area contributed by atoms with Crippen molar-refractivity contribution in [3.05, 3.63) is 35.9 Å². The lowest BCUT2D eigenvalue weighted by Gasteiger charge is -2.21. The minimum absolute atomic E-state index is 0.182. The van der Waals surface area contributed by atoms with E-state index in [4.69, 9.17) is 0 Å². The van der Waals surface area contributed by atoms with Crippen molar-refractivity contribution in [2.75, 3.05) is 18.0 Å². The summed E-state index contributed by atoms with van der Waals surface area (Å²) in [6.07, 6.45) is 4.06. The second-order valence-corrected chi connectivity index (χ2v) is 8.23. The van der Waals surface area contributed by atoms with Crippen molar-refractivity contribution in [3.63, 3.8) is 0 Å². The van der Waals surface area contributed by atoms with Crippen LogP contribution in [0.2, 0.25) is 0 Å². The Labute approximate surface area is 161 Å². The van der Waals surface area contributed by atoms with Gasteiger partial charge in [0, 0.05) is 30.8 Å². The van der Waals surface area contributed by atoms with Gasteiger partial charge in [0.25, 0.3) is 5.92 Å². The van der Waals surface area contributed by atoms with Gasteiger partial charge in [-0.1, -0.05) is 26.8 Å². The molecule has 0 saturated carbocycles. The fourth-order valence-corrected chi connectivity index (χ4v) is 3.19. The van der Waals surface area contributed by atoms with Crippen molar-refractivity contribution in [2.24, 2.45) is 0 Å². The van der Waals surface area contributed by atoms with Gasteiger partial charge in [-0.15, -0.1) is 10.2 Å². The SMILES string of the molecule is CC(C)(C)c1nc(N2CCC(F)(F)C2)c2nn(CCc3cccnc3)nc2n1. The highest BCUT2D eigenvalue weighted by molar-refractivity contribution is 5.82. The molecule has 1 fully saturated rings. The fourth-order valence-electron chi connectivity index (χ4n) is 3.19. The van der Waals surface area contributed by atoms with Gasteiger partial charge in [0.05, 0.1) is 13.1 Å². The first-order valence-corrected chi connectivity index (χ1v) is 9.36. The third-order valence-electron chi connectivity index (χ3n) is 4.74. The van der Waals surface area contributed by atoms with Crippen molar-refractivity contribution in [3.8, 4) is 0 Å². The third kappa shape index (κ3) is 3.79. The van der Waals surface area contributed by atoms with Crippen LogP contribution in [-0.2, 0) is 18.4 Å². The number of fused-ring (bicyclic) bond motifs is 1. The van der Waals surface area contributed by atoms with Crippen LogP contribution in [0.4, 0.5) is 14.6 Å². The minimum atomic E-state index is -2.71. The second-order valence-electron chi connectivity index (χ2n) is 8.23. The topological polar surface area (TPSA) is 72.6 Å². The fraction of sp³-hybridized carbons (Fsp3) is 0.526. The summed E-state index contributed by atoms with van der Waals surface area (Å²) in [7, 11) is 0. The van der Waals surface area contributed by atoms with Crippen LogP contribution in [0, 0.1) is 0 Å². The molecule has 0 aliphatic carbocycles. The number of aromatic nitrogens is 6. The molecule has 28 heavy (non-hydrogen) atoms. The molecule has 0 N–H and O–H groups in total. The summed E-state index contributed by atoms with van der Waals surface area (Å²) >= 11 is 0. The van der Waals surface area contributed by atoms with Gasteiger partial charge in [-0.3, -0.25) is 4.98 Å². The maximum atomic E-state index is 13.8. The Balaban J connectivity index is 1.70. The van der Waals surface area contributed by atoms with Crippen molar-refractivity contribution in [1.29, 1.82) is 0 Å². The van der Waals surface area contributed by atoms with Crippen molar-refractivity contribution >= 4 is 17.0 Å². The minimum Gasteiger partial charge on any atom is -0.348 e. The lowest BCUT2D eigenvalue weighted by atomic mass is 9.96. The van der Waals surface area contributed by atoms with E-state index in [1.54, 1.807) is 22.1 Å². The van der Waals surface area contributed by atoms with Crippen LogP contribution in [0.5, 0.6) is 0 Å². The van der Waals surface area contributed by atoms with Crippen LogP contribution in [0.3, 0.4) is 0 Å². The van der Waals surface area contributed by atoms with Gasteiger partial charge in [0.15, 0.2) is 11.3 Å². The van der Waals surface area contributed by atoms with E-state index in [9.17, 15) is 8.78 Å². The van der Waals surface area contributed by atoms with Crippen LogP contribution >= 0.6 is 0 Å². The number of halogens is 2. The summed E-state index contributed by atoms with van der Waals surface area (Å²) in [4.78, 5) is 16.4. The Morgan fingerprint density at radius 1 is 1.18 bits per heavy atom. The molecular formula is C19H23F2N7. The molecule has 148 valence electrons. The van der Waals surface area contributed by atoms with Gasteiger partial charge >= 0.3 is 0 Å². The summed E-state index contributed by atoms with van der Waals surface area (Å²) in [5, 5.41) is 9.01. The lowest BCUT2D eigenvalue weighted by molar-refractivity contribution is 0.0257. The second kappa shape index (κ2) is 6.72. The summed E-state index contributed by atoms with van der Waals surface area (Å²) in [6.45, 7) is 6.40. The Morgan fingerprint density at radius 3 is 2.64 bits per heavy atom. The number of anilines is 1. The molecule has 3 aromatic heterocycles. The third-order valence-corrected chi connectivity index (χ3v) is 4.74. The van der Waals surface area contributed by atoms with E-state index in [1.807, 2.05) is 32.9 Å². The van der Waals surface area contributed by atoms with Crippen LogP contribution in [0.1, 0.15) is 38.6 Å². The number of alkyl halides is 2. The predicted molar refractivity (Wildman–Crippen MR) is 102 cm³/mol. The maximum absolute atomic E-state index is 13.8. The average molecular weight is 387 g/mol. The van der Waals surface area contributed by atoms with Crippen LogP contribution in [-0.4, -0.2) is 49.0 Å². The molecule has 0 aromatic carbocycles. The molecule has 9 heteroatoms. The largest absolute Gasteiger partial charge is 0.348 e. The van der Waals surface area contributed by atoms with Gasteiger partial charge < -0.3 is 4.90 Å². The normalized spacial score (nSPS) is 16.8. The Morgan fingerprint density at radius 2 is 2.00 bits per heavy atom. The predicted octanol–water partition coefficient (Wildman–Crippen LogP) is 3.00. The molecule has 0 spiro atoms. The smallest absolute Gasteiger partial charge is 0.266 e. The first-order chi connectivity index (χ1) is 13.2. The standard InChI is InChI=1S/C19H23F2N7/c1-18(2,3)17-23-15-14(16(24-17)27-10-7-19(20,21)12-27)25-28(26-15)9-6-13-5-4-8-22-11-13/h4-5,8,11H,6-7,9-10,12H2,1-3H3. The molecule has 7 nitrogen and oxygen atoms in total. The zero-order chi connectivity index (χ0) is 19.9. The van der Waals surface area contributed by atoms with E-state index in [-0.39, 0.29) is 24.9 Å². The summed E-state index contributed by atoms with van der Waals surface area (Å²) in [5.74, 6) is -1.69. The number of nitrogens with zero attached hydrogens (tertiary/aromatic N) is 7. The van der Waals surface area contributed by atoms with E-state index in [0.29, 0.717) is 35.8 Å². The van der Waals surface area contributed by atoms with Gasteiger partial charge in [-0.2, -0.15) is 4.80 Å². The summed E-state index contributed by atoms with van der Waals surface area (Å²) in [6, 6.07) is 3.88. The van der Waals surface area contributed by atoms with E-state index in [1.165, 1.54) is 0 Å². The van der Waals surface area contributed by atoms with Crippen molar-refractivity contribution in [1.82, 2.24) is 29.9 Å². The Bertz CT molecular complexity index is 979. The molecule has 3 aromatic rings. The molecule has 0 unspecified atom stereocenters. The first-order valence-electron chi connectivity index (χ1n) is 9.36. The lowest BCUT2D eigenvalue weighted by Crippen LogP contribution is -2.27. The maximum Gasteiger partial charge on any atom is 0.266 e. The van der Waals surface area contributed by atoms with Crippen LogP contribution in [0.15, 0.2) is 24.5 Å². The van der Waals surface area contributed by atoms with E-state index in [2.05, 4.69) is 25.1 Å². The monoisotopic (exact) mass is 387 g/mol. The average Bonchev–Trinajstić information content (AvgIpc) is 3.21. The molecule has 0 radical (unpaired) electrons. The van der Waals surface area contributed by atoms with Crippen LogP contribution < -0.4 is 4.90 Å². The van der Waals surface area contributed by atoms with Crippen molar-refractivity contribution < 1.29 is 8.78 Å². The number of aryl methyl sites for hydroxylation is 2. The summed E-state index contributed by atoms with van der Waals surface area (Å²) in [5.41, 5.74) is 1.66. The molecule has 0 atom stereocenters. The van der Waals surface area contributed by atoms with E-state index in [0.717, 1.165) is 5.56 Å². The molecule has 4 rings (SSSR count).